The molecule has 0 saturated carbocycles. The SMILES string of the molecule is CC(C)(C)NC(=O)NCC(=O)N1CCn2cccc2[C@@H]1c1ccccc1Cl. The van der Waals surface area contributed by atoms with Gasteiger partial charge in [-0.15, -0.1) is 0 Å². The largest absolute Gasteiger partial charge is 0.348 e. The Labute approximate surface area is 164 Å². The molecule has 3 rings (SSSR count). The van der Waals surface area contributed by atoms with Crippen molar-refractivity contribution in [3.05, 3.63) is 58.9 Å². The molecule has 0 fully saturated rings. The van der Waals surface area contributed by atoms with Crippen molar-refractivity contribution >= 4 is 23.5 Å². The second kappa shape index (κ2) is 7.64. The van der Waals surface area contributed by atoms with Crippen molar-refractivity contribution in [3.8, 4) is 0 Å². The van der Waals surface area contributed by atoms with E-state index in [1.54, 1.807) is 4.90 Å². The van der Waals surface area contributed by atoms with Gasteiger partial charge in [-0.2, -0.15) is 0 Å². The van der Waals surface area contributed by atoms with Crippen LogP contribution in [0.15, 0.2) is 42.6 Å². The van der Waals surface area contributed by atoms with Crippen molar-refractivity contribution < 1.29 is 9.59 Å². The molecule has 6 nitrogen and oxygen atoms in total. The fourth-order valence-corrected chi connectivity index (χ4v) is 3.56. The monoisotopic (exact) mass is 388 g/mol. The first-order chi connectivity index (χ1) is 12.8. The molecule has 1 atom stereocenters. The molecule has 2 heterocycles. The smallest absolute Gasteiger partial charge is 0.315 e. The zero-order valence-electron chi connectivity index (χ0n) is 15.8. The summed E-state index contributed by atoms with van der Waals surface area (Å²) in [4.78, 5) is 26.7. The third kappa shape index (κ3) is 4.45. The average Bonchev–Trinajstić information content (AvgIpc) is 3.06. The van der Waals surface area contributed by atoms with Crippen LogP contribution in [0.5, 0.6) is 0 Å². The first-order valence-corrected chi connectivity index (χ1v) is 9.39. The van der Waals surface area contributed by atoms with E-state index in [4.69, 9.17) is 11.6 Å². The fraction of sp³-hybridized carbons (Fsp3) is 0.400. The second-order valence-corrected chi connectivity index (χ2v) is 8.10. The average molecular weight is 389 g/mol. The predicted molar refractivity (Wildman–Crippen MR) is 106 cm³/mol. The summed E-state index contributed by atoms with van der Waals surface area (Å²) in [6.45, 7) is 6.87. The molecule has 0 bridgehead atoms. The molecule has 144 valence electrons. The van der Waals surface area contributed by atoms with E-state index in [-0.39, 0.29) is 30.1 Å². The predicted octanol–water partition coefficient (Wildman–Crippen LogP) is 3.17. The van der Waals surface area contributed by atoms with E-state index >= 15 is 0 Å². The van der Waals surface area contributed by atoms with Crippen LogP contribution in [0.1, 0.15) is 38.1 Å². The van der Waals surface area contributed by atoms with Gasteiger partial charge in [0.05, 0.1) is 12.6 Å². The Morgan fingerprint density at radius 1 is 1.15 bits per heavy atom. The molecule has 0 spiro atoms. The van der Waals surface area contributed by atoms with E-state index in [0.29, 0.717) is 18.1 Å². The third-order valence-electron chi connectivity index (χ3n) is 4.45. The van der Waals surface area contributed by atoms with E-state index in [1.165, 1.54) is 0 Å². The highest BCUT2D eigenvalue weighted by molar-refractivity contribution is 6.31. The Bertz CT molecular complexity index is 841. The van der Waals surface area contributed by atoms with Gasteiger partial charge in [0.1, 0.15) is 0 Å². The maximum atomic E-state index is 12.9. The number of nitrogens with one attached hydrogen (secondary N) is 2. The van der Waals surface area contributed by atoms with Crippen LogP contribution in [0, 0.1) is 0 Å². The first kappa shape index (κ1) is 19.3. The minimum Gasteiger partial charge on any atom is -0.348 e. The molecule has 1 aliphatic heterocycles. The van der Waals surface area contributed by atoms with Crippen molar-refractivity contribution in [1.29, 1.82) is 0 Å². The highest BCUT2D eigenvalue weighted by Crippen LogP contribution is 2.35. The molecular formula is C20H25ClN4O2. The topological polar surface area (TPSA) is 66.4 Å². The van der Waals surface area contributed by atoms with E-state index in [1.807, 2.05) is 63.4 Å². The summed E-state index contributed by atoms with van der Waals surface area (Å²) >= 11 is 6.43. The Morgan fingerprint density at radius 2 is 1.89 bits per heavy atom. The summed E-state index contributed by atoms with van der Waals surface area (Å²) in [5.41, 5.74) is 1.53. The maximum Gasteiger partial charge on any atom is 0.315 e. The quantitative estimate of drug-likeness (QED) is 0.848. The third-order valence-corrected chi connectivity index (χ3v) is 4.79. The number of rotatable bonds is 3. The van der Waals surface area contributed by atoms with Crippen LogP contribution >= 0.6 is 11.6 Å². The van der Waals surface area contributed by atoms with Gasteiger partial charge in [0.2, 0.25) is 5.91 Å². The lowest BCUT2D eigenvalue weighted by Gasteiger charge is -2.37. The number of aromatic nitrogens is 1. The summed E-state index contributed by atoms with van der Waals surface area (Å²) in [6, 6.07) is 10.9. The van der Waals surface area contributed by atoms with Crippen molar-refractivity contribution in [2.24, 2.45) is 0 Å². The molecule has 0 radical (unpaired) electrons. The number of carbonyl (C=O) groups excluding carboxylic acids is 2. The van der Waals surface area contributed by atoms with Gasteiger partial charge in [0, 0.05) is 35.5 Å². The van der Waals surface area contributed by atoms with Crippen LogP contribution in [0.4, 0.5) is 4.79 Å². The van der Waals surface area contributed by atoms with Gasteiger partial charge in [-0.1, -0.05) is 29.8 Å². The van der Waals surface area contributed by atoms with Gasteiger partial charge in [0.25, 0.3) is 0 Å². The lowest BCUT2D eigenvalue weighted by atomic mass is 9.99. The molecule has 27 heavy (non-hydrogen) atoms. The van der Waals surface area contributed by atoms with Crippen LogP contribution in [-0.2, 0) is 11.3 Å². The van der Waals surface area contributed by atoms with Gasteiger partial charge in [-0.05, 0) is 44.5 Å². The Hall–Kier alpha value is -2.47. The van der Waals surface area contributed by atoms with Crippen LogP contribution in [0.25, 0.3) is 0 Å². The van der Waals surface area contributed by atoms with Gasteiger partial charge in [-0.25, -0.2) is 4.79 Å². The zero-order chi connectivity index (χ0) is 19.6. The summed E-state index contributed by atoms with van der Waals surface area (Å²) < 4.78 is 2.14. The zero-order valence-corrected chi connectivity index (χ0v) is 16.6. The van der Waals surface area contributed by atoms with Crippen LogP contribution in [-0.4, -0.2) is 40.0 Å². The normalized spacial score (nSPS) is 16.6. The van der Waals surface area contributed by atoms with Gasteiger partial charge < -0.3 is 20.1 Å². The number of nitrogens with zero attached hydrogens (tertiary/aromatic N) is 2. The standard InChI is InChI=1S/C20H25ClN4O2/c1-20(2,3)23-19(27)22-13-17(26)25-12-11-24-10-6-9-16(24)18(25)14-7-4-5-8-15(14)21/h4-10,18H,11-13H2,1-3H3,(H2,22,23,27)/t18-/m0/s1. The number of hydrogen-bond donors (Lipinski definition) is 2. The summed E-state index contributed by atoms with van der Waals surface area (Å²) in [5.74, 6) is -0.142. The molecule has 2 N–H and O–H groups in total. The minimum atomic E-state index is -0.362. The number of benzene rings is 1. The van der Waals surface area contributed by atoms with Crippen LogP contribution in [0.2, 0.25) is 5.02 Å². The lowest BCUT2D eigenvalue weighted by Crippen LogP contribution is -2.51. The highest BCUT2D eigenvalue weighted by Gasteiger charge is 2.33. The Kier molecular flexibility index (Phi) is 5.46. The molecule has 0 unspecified atom stereocenters. The number of hydrogen-bond acceptors (Lipinski definition) is 2. The molecule has 1 aromatic heterocycles. The Morgan fingerprint density at radius 3 is 2.59 bits per heavy atom. The van der Waals surface area contributed by atoms with Crippen molar-refractivity contribution in [2.45, 2.75) is 38.9 Å². The van der Waals surface area contributed by atoms with Crippen molar-refractivity contribution in [3.63, 3.8) is 0 Å². The highest BCUT2D eigenvalue weighted by atomic mass is 35.5. The number of urea groups is 1. The number of halogens is 1. The number of amides is 3. The summed E-state index contributed by atoms with van der Waals surface area (Å²) in [6.07, 6.45) is 2.01. The molecule has 1 aromatic carbocycles. The van der Waals surface area contributed by atoms with Crippen molar-refractivity contribution in [1.82, 2.24) is 20.1 Å². The van der Waals surface area contributed by atoms with Gasteiger partial charge >= 0.3 is 6.03 Å². The van der Waals surface area contributed by atoms with Gasteiger partial charge in [-0.3, -0.25) is 4.79 Å². The van der Waals surface area contributed by atoms with E-state index in [9.17, 15) is 9.59 Å². The van der Waals surface area contributed by atoms with E-state index < -0.39 is 0 Å². The van der Waals surface area contributed by atoms with E-state index in [2.05, 4.69) is 15.2 Å². The molecule has 1 aliphatic rings. The molecule has 3 amide bonds. The molecule has 0 aliphatic carbocycles. The Balaban J connectivity index is 1.80. The van der Waals surface area contributed by atoms with Crippen LogP contribution < -0.4 is 10.6 Å². The second-order valence-electron chi connectivity index (χ2n) is 7.70. The lowest BCUT2D eigenvalue weighted by molar-refractivity contribution is -0.132. The van der Waals surface area contributed by atoms with Gasteiger partial charge in [0.15, 0.2) is 0 Å². The molecule has 2 aromatic rings. The number of fused-ring (bicyclic) bond motifs is 1. The van der Waals surface area contributed by atoms with E-state index in [0.717, 1.165) is 11.3 Å². The molecule has 0 saturated heterocycles. The summed E-state index contributed by atoms with van der Waals surface area (Å²) in [5, 5.41) is 6.07. The number of carbonyl (C=O) groups is 2. The minimum absolute atomic E-state index is 0.0659. The maximum absolute atomic E-state index is 12.9. The molecular weight excluding hydrogens is 364 g/mol. The fourth-order valence-electron chi connectivity index (χ4n) is 3.32. The first-order valence-electron chi connectivity index (χ1n) is 9.01. The summed E-state index contributed by atoms with van der Waals surface area (Å²) in [7, 11) is 0. The van der Waals surface area contributed by atoms with Crippen molar-refractivity contribution in [2.75, 3.05) is 13.1 Å². The molecule has 7 heteroatoms. The van der Waals surface area contributed by atoms with Crippen LogP contribution in [0.3, 0.4) is 0 Å².